The van der Waals surface area contributed by atoms with Crippen molar-refractivity contribution in [3.8, 4) is 5.75 Å². The Morgan fingerprint density at radius 1 is 1.31 bits per heavy atom. The minimum atomic E-state index is -3.37. The quantitative estimate of drug-likeness (QED) is 0.694. The number of nitrogens with two attached hydrogens (primary N) is 1. The second-order valence-electron chi connectivity index (χ2n) is 3.39. The van der Waals surface area contributed by atoms with Gasteiger partial charge in [-0.3, -0.25) is 0 Å². The fourth-order valence-corrected chi connectivity index (χ4v) is 1.62. The van der Waals surface area contributed by atoms with Crippen LogP contribution in [0.3, 0.4) is 0 Å². The summed E-state index contributed by atoms with van der Waals surface area (Å²) in [5, 5.41) is 7.86. The van der Waals surface area contributed by atoms with E-state index in [9.17, 15) is 8.42 Å². The van der Waals surface area contributed by atoms with Gasteiger partial charge in [0.2, 0.25) is 10.0 Å². The standard InChI is InChI=1S/C10H16N2O3S/c1-15-10-4-2-9(3-5-10)8-12-6-7-16(11,13)14/h2-5,12H,6-8H2,1H3,(H2,11,13,14). The first-order valence-electron chi connectivity index (χ1n) is 4.85. The molecule has 0 atom stereocenters. The van der Waals surface area contributed by atoms with E-state index in [0.29, 0.717) is 13.1 Å². The van der Waals surface area contributed by atoms with Crippen molar-refractivity contribution in [3.05, 3.63) is 29.8 Å². The highest BCUT2D eigenvalue weighted by Gasteiger charge is 2.01. The largest absolute Gasteiger partial charge is 0.497 e. The molecule has 16 heavy (non-hydrogen) atoms. The summed E-state index contributed by atoms with van der Waals surface area (Å²) in [5.74, 6) is 0.747. The Kier molecular flexibility index (Phi) is 4.72. The zero-order chi connectivity index (χ0) is 12.0. The van der Waals surface area contributed by atoms with Gasteiger partial charge in [0, 0.05) is 13.1 Å². The highest BCUT2D eigenvalue weighted by molar-refractivity contribution is 7.89. The van der Waals surface area contributed by atoms with Gasteiger partial charge in [0.15, 0.2) is 0 Å². The number of ether oxygens (including phenoxy) is 1. The van der Waals surface area contributed by atoms with Gasteiger partial charge in [-0.15, -0.1) is 0 Å². The molecule has 0 amide bonds. The zero-order valence-corrected chi connectivity index (χ0v) is 9.96. The smallest absolute Gasteiger partial charge is 0.210 e. The van der Waals surface area contributed by atoms with Crippen LogP contribution in [0, 0.1) is 0 Å². The molecule has 0 aliphatic heterocycles. The molecule has 0 bridgehead atoms. The number of nitrogens with one attached hydrogen (secondary N) is 1. The van der Waals surface area contributed by atoms with E-state index in [0.717, 1.165) is 11.3 Å². The van der Waals surface area contributed by atoms with Gasteiger partial charge in [-0.25, -0.2) is 13.6 Å². The van der Waals surface area contributed by atoms with Gasteiger partial charge in [-0.05, 0) is 17.7 Å². The van der Waals surface area contributed by atoms with Crippen molar-refractivity contribution in [1.82, 2.24) is 5.32 Å². The molecule has 0 aromatic heterocycles. The summed E-state index contributed by atoms with van der Waals surface area (Å²) in [7, 11) is -1.76. The van der Waals surface area contributed by atoms with Crippen LogP contribution in [-0.2, 0) is 16.6 Å². The van der Waals surface area contributed by atoms with E-state index in [1.54, 1.807) is 7.11 Å². The van der Waals surface area contributed by atoms with E-state index < -0.39 is 10.0 Å². The average molecular weight is 244 g/mol. The monoisotopic (exact) mass is 244 g/mol. The van der Waals surface area contributed by atoms with Crippen LogP contribution in [-0.4, -0.2) is 27.8 Å². The van der Waals surface area contributed by atoms with Crippen molar-refractivity contribution < 1.29 is 13.2 Å². The normalized spacial score (nSPS) is 11.4. The number of sulfonamides is 1. The highest BCUT2D eigenvalue weighted by atomic mass is 32.2. The summed E-state index contributed by atoms with van der Waals surface area (Å²) in [6, 6.07) is 7.55. The van der Waals surface area contributed by atoms with Gasteiger partial charge in [-0.1, -0.05) is 12.1 Å². The summed E-state index contributed by atoms with van der Waals surface area (Å²) < 4.78 is 26.3. The molecule has 90 valence electrons. The van der Waals surface area contributed by atoms with Gasteiger partial charge in [0.05, 0.1) is 12.9 Å². The molecule has 0 heterocycles. The van der Waals surface area contributed by atoms with E-state index in [1.165, 1.54) is 0 Å². The Morgan fingerprint density at radius 2 is 1.94 bits per heavy atom. The van der Waals surface area contributed by atoms with Gasteiger partial charge in [0.25, 0.3) is 0 Å². The van der Waals surface area contributed by atoms with E-state index in [4.69, 9.17) is 9.88 Å². The van der Waals surface area contributed by atoms with Crippen LogP contribution in [0.1, 0.15) is 5.56 Å². The van der Waals surface area contributed by atoms with Crippen LogP contribution in [0.2, 0.25) is 0 Å². The minimum Gasteiger partial charge on any atom is -0.497 e. The van der Waals surface area contributed by atoms with Gasteiger partial charge in [0.1, 0.15) is 5.75 Å². The summed E-state index contributed by atoms with van der Waals surface area (Å²) in [6.07, 6.45) is 0. The third-order valence-corrected chi connectivity index (χ3v) is 2.82. The van der Waals surface area contributed by atoms with E-state index in [1.807, 2.05) is 24.3 Å². The number of hydrogen-bond acceptors (Lipinski definition) is 4. The summed E-state index contributed by atoms with van der Waals surface area (Å²) in [4.78, 5) is 0. The van der Waals surface area contributed by atoms with Crippen molar-refractivity contribution in [1.29, 1.82) is 0 Å². The fourth-order valence-electron chi connectivity index (χ4n) is 1.19. The molecule has 3 N–H and O–H groups in total. The predicted molar refractivity (Wildman–Crippen MR) is 62.7 cm³/mol. The lowest BCUT2D eigenvalue weighted by atomic mass is 10.2. The molecule has 5 nitrogen and oxygen atoms in total. The Labute approximate surface area is 95.7 Å². The van der Waals surface area contributed by atoms with Crippen molar-refractivity contribution in [2.75, 3.05) is 19.4 Å². The molecule has 6 heteroatoms. The molecule has 0 aliphatic carbocycles. The molecule has 0 saturated heterocycles. The van der Waals surface area contributed by atoms with Crippen LogP contribution in [0.4, 0.5) is 0 Å². The van der Waals surface area contributed by atoms with Gasteiger partial charge in [-0.2, -0.15) is 0 Å². The summed E-state index contributed by atoms with van der Waals surface area (Å²) in [5.41, 5.74) is 1.07. The third-order valence-electron chi connectivity index (χ3n) is 2.05. The van der Waals surface area contributed by atoms with Crippen LogP contribution in [0.15, 0.2) is 24.3 Å². The lowest BCUT2D eigenvalue weighted by molar-refractivity contribution is 0.414. The first kappa shape index (κ1) is 13.0. The van der Waals surface area contributed by atoms with Crippen LogP contribution < -0.4 is 15.2 Å². The van der Waals surface area contributed by atoms with Crippen molar-refractivity contribution in [3.63, 3.8) is 0 Å². The first-order chi connectivity index (χ1) is 7.51. The molecule has 0 spiro atoms. The molecular formula is C10H16N2O3S. The number of rotatable bonds is 6. The van der Waals surface area contributed by atoms with E-state index in [2.05, 4.69) is 5.32 Å². The fraction of sp³-hybridized carbons (Fsp3) is 0.400. The van der Waals surface area contributed by atoms with Crippen LogP contribution >= 0.6 is 0 Å². The maximum atomic E-state index is 10.6. The number of benzene rings is 1. The zero-order valence-electron chi connectivity index (χ0n) is 9.14. The van der Waals surface area contributed by atoms with Crippen molar-refractivity contribution >= 4 is 10.0 Å². The first-order valence-corrected chi connectivity index (χ1v) is 6.57. The summed E-state index contributed by atoms with van der Waals surface area (Å²) >= 11 is 0. The Bertz CT molecular complexity index is 414. The number of primary sulfonamides is 1. The Morgan fingerprint density at radius 3 is 2.44 bits per heavy atom. The van der Waals surface area contributed by atoms with E-state index in [-0.39, 0.29) is 5.75 Å². The maximum absolute atomic E-state index is 10.6. The molecule has 1 aromatic rings. The molecule has 0 unspecified atom stereocenters. The topological polar surface area (TPSA) is 81.4 Å². The van der Waals surface area contributed by atoms with Gasteiger partial charge < -0.3 is 10.1 Å². The lowest BCUT2D eigenvalue weighted by Gasteiger charge is -2.05. The Hall–Kier alpha value is -1.11. The molecule has 0 fully saturated rings. The molecule has 0 aliphatic rings. The molecule has 0 saturated carbocycles. The average Bonchev–Trinajstić information content (AvgIpc) is 2.24. The third kappa shape index (κ3) is 5.11. The maximum Gasteiger partial charge on any atom is 0.210 e. The second kappa shape index (κ2) is 5.83. The molecule has 1 aromatic carbocycles. The van der Waals surface area contributed by atoms with Crippen LogP contribution in [0.5, 0.6) is 5.75 Å². The lowest BCUT2D eigenvalue weighted by Crippen LogP contribution is -2.26. The Balaban J connectivity index is 2.32. The molecule has 1 rings (SSSR count). The van der Waals surface area contributed by atoms with E-state index >= 15 is 0 Å². The van der Waals surface area contributed by atoms with Crippen molar-refractivity contribution in [2.24, 2.45) is 5.14 Å². The van der Waals surface area contributed by atoms with Gasteiger partial charge >= 0.3 is 0 Å². The van der Waals surface area contributed by atoms with Crippen molar-refractivity contribution in [2.45, 2.75) is 6.54 Å². The summed E-state index contributed by atoms with van der Waals surface area (Å²) in [6.45, 7) is 0.963. The second-order valence-corrected chi connectivity index (χ2v) is 5.13. The highest BCUT2D eigenvalue weighted by Crippen LogP contribution is 2.10. The van der Waals surface area contributed by atoms with Crippen LogP contribution in [0.25, 0.3) is 0 Å². The molecule has 0 radical (unpaired) electrons. The predicted octanol–water partition coefficient (Wildman–Crippen LogP) is 0.0733. The SMILES string of the molecule is COc1ccc(CNCCS(N)(=O)=O)cc1. The molecular weight excluding hydrogens is 228 g/mol. The number of hydrogen-bond donors (Lipinski definition) is 2. The minimum absolute atomic E-state index is 0.0524. The number of methoxy groups -OCH3 is 1.